The van der Waals surface area contributed by atoms with Crippen molar-refractivity contribution in [2.24, 2.45) is 11.8 Å². The molecule has 1 fully saturated rings. The number of fused-ring (bicyclic) bond motifs is 1. The van der Waals surface area contributed by atoms with E-state index in [1.807, 2.05) is 37.2 Å². The molecule has 5 nitrogen and oxygen atoms in total. The number of carbonyl (C=O) groups excluding carboxylic acids is 2. The first-order chi connectivity index (χ1) is 18.4. The van der Waals surface area contributed by atoms with Gasteiger partial charge in [-0.3, -0.25) is 19.1 Å². The lowest BCUT2D eigenvalue weighted by molar-refractivity contribution is -0.131. The van der Waals surface area contributed by atoms with Crippen LogP contribution in [0.2, 0.25) is 0 Å². The van der Waals surface area contributed by atoms with Gasteiger partial charge in [-0.2, -0.15) is 0 Å². The minimum atomic E-state index is 0.185. The van der Waals surface area contributed by atoms with Gasteiger partial charge in [0.25, 0.3) is 0 Å². The van der Waals surface area contributed by atoms with E-state index in [0.29, 0.717) is 18.8 Å². The average molecular weight is 522 g/mol. The Labute approximate surface area is 231 Å². The van der Waals surface area contributed by atoms with Gasteiger partial charge in [-0.25, -0.2) is 0 Å². The van der Waals surface area contributed by atoms with Gasteiger partial charge in [0, 0.05) is 50.1 Å². The zero-order valence-corrected chi connectivity index (χ0v) is 25.1. The highest BCUT2D eigenvalue weighted by atomic mass is 16.2. The molecule has 1 aromatic heterocycles. The third-order valence-electron chi connectivity index (χ3n) is 8.66. The molecule has 1 unspecified atom stereocenters. The molecule has 0 radical (unpaired) electrons. The van der Waals surface area contributed by atoms with Crippen LogP contribution >= 0.6 is 0 Å². The van der Waals surface area contributed by atoms with Gasteiger partial charge in [0.2, 0.25) is 11.8 Å². The van der Waals surface area contributed by atoms with E-state index >= 15 is 0 Å². The van der Waals surface area contributed by atoms with Crippen molar-refractivity contribution in [3.63, 3.8) is 0 Å². The van der Waals surface area contributed by atoms with E-state index in [-0.39, 0.29) is 23.8 Å². The number of aromatic nitrogens is 1. The van der Waals surface area contributed by atoms with E-state index < -0.39 is 0 Å². The zero-order chi connectivity index (χ0) is 27.8. The molecule has 2 atom stereocenters. The third kappa shape index (κ3) is 6.59. The van der Waals surface area contributed by atoms with Crippen molar-refractivity contribution in [3.8, 4) is 0 Å². The molecule has 4 rings (SSSR count). The van der Waals surface area contributed by atoms with Crippen LogP contribution in [-0.2, 0) is 11.2 Å². The second kappa shape index (κ2) is 14.1. The molecule has 1 amide bonds. The van der Waals surface area contributed by atoms with Gasteiger partial charge in [0.15, 0.2) is 0 Å². The summed E-state index contributed by atoms with van der Waals surface area (Å²) in [6, 6.07) is 6.67. The monoisotopic (exact) mass is 521 g/mol. The van der Waals surface area contributed by atoms with Crippen LogP contribution in [0, 0.1) is 11.8 Å². The third-order valence-corrected chi connectivity index (χ3v) is 8.66. The topological polar surface area (TPSA) is 45.6 Å². The van der Waals surface area contributed by atoms with E-state index in [0.717, 1.165) is 31.6 Å². The summed E-state index contributed by atoms with van der Waals surface area (Å²) in [5.74, 6) is 1.17. The fraction of sp³-hybridized carbons (Fsp3) is 0.636. The second-order valence-corrected chi connectivity index (χ2v) is 10.9. The average Bonchev–Trinajstić information content (AvgIpc) is 3.32. The first-order valence-corrected chi connectivity index (χ1v) is 15.2. The minimum absolute atomic E-state index is 0.185. The SMILES string of the molecule is CC.CCc1cn(C(=O)CC2CCCCC2)c2cccc(C3=CC(CC(=O)N(CC)CC)CN(C)[C@@H]3C)c12. The molecule has 0 N–H and O–H groups in total. The highest BCUT2D eigenvalue weighted by molar-refractivity contribution is 6.01. The maximum atomic E-state index is 13.5. The summed E-state index contributed by atoms with van der Waals surface area (Å²) in [4.78, 5) is 30.6. The quantitative estimate of drug-likeness (QED) is 0.363. The van der Waals surface area contributed by atoms with Crippen LogP contribution in [0.5, 0.6) is 0 Å². The van der Waals surface area contributed by atoms with Crippen molar-refractivity contribution in [2.75, 3.05) is 26.7 Å². The Balaban J connectivity index is 0.00000195. The smallest absolute Gasteiger partial charge is 0.231 e. The molecule has 210 valence electrons. The Morgan fingerprint density at radius 3 is 2.32 bits per heavy atom. The number of amides is 1. The molecule has 38 heavy (non-hydrogen) atoms. The van der Waals surface area contributed by atoms with Crippen LogP contribution in [0.15, 0.2) is 30.5 Å². The summed E-state index contributed by atoms with van der Waals surface area (Å²) in [5, 5.41) is 1.21. The van der Waals surface area contributed by atoms with Crippen molar-refractivity contribution >= 4 is 28.3 Å². The molecule has 1 aliphatic carbocycles. The van der Waals surface area contributed by atoms with Gasteiger partial charge in [0.05, 0.1) is 5.52 Å². The number of hydrogen-bond acceptors (Lipinski definition) is 3. The van der Waals surface area contributed by atoms with Crippen LogP contribution in [0.3, 0.4) is 0 Å². The Morgan fingerprint density at radius 1 is 1.00 bits per heavy atom. The number of hydrogen-bond donors (Lipinski definition) is 0. The predicted octanol–water partition coefficient (Wildman–Crippen LogP) is 7.43. The summed E-state index contributed by atoms with van der Waals surface area (Å²) < 4.78 is 1.94. The van der Waals surface area contributed by atoms with Crippen molar-refractivity contribution in [1.29, 1.82) is 0 Å². The molecule has 5 heteroatoms. The van der Waals surface area contributed by atoms with Gasteiger partial charge in [0.1, 0.15) is 0 Å². The molecule has 1 aliphatic heterocycles. The number of aryl methyl sites for hydroxylation is 1. The van der Waals surface area contributed by atoms with Crippen molar-refractivity contribution in [1.82, 2.24) is 14.4 Å². The van der Waals surface area contributed by atoms with Crippen LogP contribution in [0.25, 0.3) is 16.5 Å². The number of carbonyl (C=O) groups is 2. The lowest BCUT2D eigenvalue weighted by atomic mass is 9.86. The minimum Gasteiger partial charge on any atom is -0.343 e. The van der Waals surface area contributed by atoms with Crippen molar-refractivity contribution < 1.29 is 9.59 Å². The van der Waals surface area contributed by atoms with E-state index in [1.165, 1.54) is 54.2 Å². The maximum Gasteiger partial charge on any atom is 0.231 e. The first-order valence-electron chi connectivity index (χ1n) is 15.2. The molecule has 2 aliphatic rings. The largest absolute Gasteiger partial charge is 0.343 e. The molecule has 2 aromatic rings. The van der Waals surface area contributed by atoms with Gasteiger partial charge >= 0.3 is 0 Å². The van der Waals surface area contributed by atoms with Crippen molar-refractivity contribution in [3.05, 3.63) is 41.6 Å². The molecule has 1 aromatic carbocycles. The van der Waals surface area contributed by atoms with Crippen LogP contribution in [-0.4, -0.2) is 58.9 Å². The van der Waals surface area contributed by atoms with Crippen LogP contribution in [0.4, 0.5) is 0 Å². The molecule has 0 spiro atoms. The van der Waals surface area contributed by atoms with Crippen LogP contribution in [0.1, 0.15) is 102 Å². The Hall–Kier alpha value is -2.40. The first kappa shape index (κ1) is 30.1. The number of rotatable bonds is 8. The Kier molecular flexibility index (Phi) is 11.2. The fourth-order valence-electron chi connectivity index (χ4n) is 6.40. The Bertz CT molecular complexity index is 1100. The van der Waals surface area contributed by atoms with Crippen LogP contribution < -0.4 is 0 Å². The summed E-state index contributed by atoms with van der Waals surface area (Å²) in [6.07, 6.45) is 12.7. The summed E-state index contributed by atoms with van der Waals surface area (Å²) in [7, 11) is 2.16. The molecule has 0 saturated heterocycles. The highest BCUT2D eigenvalue weighted by Crippen LogP contribution is 2.37. The summed E-state index contributed by atoms with van der Waals surface area (Å²) in [5.41, 5.74) is 4.75. The summed E-state index contributed by atoms with van der Waals surface area (Å²) in [6.45, 7) is 14.9. The maximum absolute atomic E-state index is 13.5. The van der Waals surface area contributed by atoms with E-state index in [4.69, 9.17) is 0 Å². The standard InChI is InChI=1S/C31H45N3O2.C2H6/c1-6-25-21-34(30(36)18-23-13-10-9-11-14-23)28-16-12-15-26(31(25)28)27-17-24(20-32(5)22(27)4)19-29(35)33(7-2)8-3;1-2/h12,15-17,21-24H,6-11,13-14,18-20H2,1-5H3;1-2H3/t22-,24?;/m1./s1. The molecular formula is C33H51N3O2. The molecule has 1 saturated carbocycles. The molecule has 2 heterocycles. The predicted molar refractivity (Wildman–Crippen MR) is 161 cm³/mol. The number of likely N-dealkylation sites (N-methyl/N-ethyl adjacent to an activating group) is 1. The zero-order valence-electron chi connectivity index (χ0n) is 25.1. The second-order valence-electron chi connectivity index (χ2n) is 10.9. The van der Waals surface area contributed by atoms with Gasteiger partial charge in [-0.1, -0.05) is 58.2 Å². The van der Waals surface area contributed by atoms with Crippen molar-refractivity contribution in [2.45, 2.75) is 99.0 Å². The molecular weight excluding hydrogens is 470 g/mol. The van der Waals surface area contributed by atoms with Gasteiger partial charge < -0.3 is 4.90 Å². The van der Waals surface area contributed by atoms with E-state index in [1.54, 1.807) is 0 Å². The van der Waals surface area contributed by atoms with E-state index in [2.05, 4.69) is 56.3 Å². The van der Waals surface area contributed by atoms with E-state index in [9.17, 15) is 9.59 Å². The fourth-order valence-corrected chi connectivity index (χ4v) is 6.40. The normalized spacial score (nSPS) is 20.6. The lowest BCUT2D eigenvalue weighted by Gasteiger charge is -2.36. The Morgan fingerprint density at radius 2 is 1.68 bits per heavy atom. The lowest BCUT2D eigenvalue weighted by Crippen LogP contribution is -2.40. The van der Waals surface area contributed by atoms with Gasteiger partial charge in [-0.15, -0.1) is 0 Å². The molecule has 0 bridgehead atoms. The number of nitrogens with zero attached hydrogens (tertiary/aromatic N) is 3. The number of benzene rings is 1. The highest BCUT2D eigenvalue weighted by Gasteiger charge is 2.29. The summed E-state index contributed by atoms with van der Waals surface area (Å²) >= 11 is 0. The van der Waals surface area contributed by atoms with Gasteiger partial charge in [-0.05, 0) is 81.7 Å².